The molecule has 0 spiro atoms. The average Bonchev–Trinajstić information content (AvgIpc) is 3.28. The molecule has 0 radical (unpaired) electrons. The highest BCUT2D eigenvalue weighted by atomic mass is 32.2. The number of aromatic nitrogens is 2. The van der Waals surface area contributed by atoms with Crippen molar-refractivity contribution < 1.29 is 13.2 Å². The van der Waals surface area contributed by atoms with Crippen molar-refractivity contribution in [2.45, 2.75) is 25.7 Å². The van der Waals surface area contributed by atoms with Crippen molar-refractivity contribution in [3.8, 4) is 0 Å². The van der Waals surface area contributed by atoms with Crippen LogP contribution in [0.1, 0.15) is 47.4 Å². The first-order valence-corrected chi connectivity index (χ1v) is 9.86. The Labute approximate surface area is 151 Å². The molecule has 1 N–H and O–H groups in total. The first-order valence-electron chi connectivity index (χ1n) is 8.47. The van der Waals surface area contributed by atoms with Gasteiger partial charge >= 0.3 is 10.2 Å². The molecule has 1 saturated heterocycles. The van der Waals surface area contributed by atoms with Crippen LogP contribution >= 0.6 is 0 Å². The van der Waals surface area contributed by atoms with Crippen LogP contribution in [0.2, 0.25) is 0 Å². The van der Waals surface area contributed by atoms with Gasteiger partial charge in [0.05, 0.1) is 0 Å². The van der Waals surface area contributed by atoms with Crippen LogP contribution in [-0.4, -0.2) is 52.8 Å². The second kappa shape index (κ2) is 6.24. The van der Waals surface area contributed by atoms with E-state index in [4.69, 9.17) is 0 Å². The standard InChI is InChI=1S/C17H19N5O3S/c1-12(13-6-3-2-4-7-13)14-10-15(19-18-14)17(23)22-11-21-9-5-8-16(21)20-26(22,24)25/h2-4,6-7,10,12H,5,8-9,11H2,1H3,(H,18,19). The monoisotopic (exact) mass is 373 g/mol. The minimum atomic E-state index is -4.01. The molecule has 0 bridgehead atoms. The van der Waals surface area contributed by atoms with Gasteiger partial charge in [-0.3, -0.25) is 9.89 Å². The van der Waals surface area contributed by atoms with Crippen LogP contribution in [0, 0.1) is 0 Å². The molecule has 1 amide bonds. The highest BCUT2D eigenvalue weighted by molar-refractivity contribution is 7.88. The van der Waals surface area contributed by atoms with Gasteiger partial charge in [-0.1, -0.05) is 37.3 Å². The molecule has 1 unspecified atom stereocenters. The Hall–Kier alpha value is -2.68. The van der Waals surface area contributed by atoms with E-state index in [9.17, 15) is 13.2 Å². The number of carbonyl (C=O) groups is 1. The van der Waals surface area contributed by atoms with E-state index < -0.39 is 16.1 Å². The molecule has 0 saturated carbocycles. The van der Waals surface area contributed by atoms with Gasteiger partial charge in [0.25, 0.3) is 5.91 Å². The number of nitrogens with one attached hydrogen (secondary N) is 1. The first-order chi connectivity index (χ1) is 12.5. The van der Waals surface area contributed by atoms with Gasteiger partial charge in [0.2, 0.25) is 0 Å². The molecule has 0 aliphatic carbocycles. The fourth-order valence-electron chi connectivity index (χ4n) is 3.27. The summed E-state index contributed by atoms with van der Waals surface area (Å²) in [5, 5.41) is 6.90. The van der Waals surface area contributed by atoms with Crippen molar-refractivity contribution in [3.05, 3.63) is 53.3 Å². The van der Waals surface area contributed by atoms with Gasteiger partial charge in [-0.05, 0) is 18.1 Å². The molecule has 4 rings (SSSR count). The van der Waals surface area contributed by atoms with Gasteiger partial charge in [0.1, 0.15) is 12.5 Å². The molecule has 1 aromatic heterocycles. The van der Waals surface area contributed by atoms with Crippen LogP contribution in [-0.2, 0) is 10.2 Å². The molecule has 8 nitrogen and oxygen atoms in total. The summed E-state index contributed by atoms with van der Waals surface area (Å²) in [5.41, 5.74) is 1.90. The molecule has 1 aromatic carbocycles. The van der Waals surface area contributed by atoms with E-state index in [-0.39, 0.29) is 18.3 Å². The number of benzene rings is 1. The zero-order valence-electron chi connectivity index (χ0n) is 14.3. The third-order valence-corrected chi connectivity index (χ3v) is 6.08. The van der Waals surface area contributed by atoms with Crippen molar-refractivity contribution in [2.24, 2.45) is 4.40 Å². The number of hydrogen-bond acceptors (Lipinski definition) is 5. The fraction of sp³-hybridized carbons (Fsp3) is 0.353. The summed E-state index contributed by atoms with van der Waals surface area (Å²) in [6, 6.07) is 11.4. The number of rotatable bonds is 3. The second-order valence-corrected chi connectivity index (χ2v) is 8.01. The first kappa shape index (κ1) is 16.8. The van der Waals surface area contributed by atoms with E-state index in [0.717, 1.165) is 22.0 Å². The molecule has 136 valence electrons. The number of aromatic amines is 1. The summed E-state index contributed by atoms with van der Waals surface area (Å²) >= 11 is 0. The van der Waals surface area contributed by atoms with E-state index >= 15 is 0 Å². The Bertz CT molecular complexity index is 967. The van der Waals surface area contributed by atoms with Gasteiger partial charge in [-0.15, -0.1) is 4.40 Å². The maximum Gasteiger partial charge on any atom is 0.350 e. The van der Waals surface area contributed by atoms with Crippen LogP contribution < -0.4 is 0 Å². The summed E-state index contributed by atoms with van der Waals surface area (Å²) in [4.78, 5) is 14.6. The normalized spacial score (nSPS) is 19.8. The lowest BCUT2D eigenvalue weighted by atomic mass is 9.98. The van der Waals surface area contributed by atoms with Crippen LogP contribution in [0.4, 0.5) is 0 Å². The molecule has 2 aliphatic heterocycles. The zero-order chi connectivity index (χ0) is 18.3. The van der Waals surface area contributed by atoms with Gasteiger partial charge in [0.15, 0.2) is 5.69 Å². The number of amides is 1. The zero-order valence-corrected chi connectivity index (χ0v) is 15.1. The molecular formula is C17H19N5O3S. The lowest BCUT2D eigenvalue weighted by Crippen LogP contribution is -2.48. The van der Waals surface area contributed by atoms with E-state index in [1.54, 1.807) is 6.07 Å². The third-order valence-electron chi connectivity index (χ3n) is 4.80. The van der Waals surface area contributed by atoms with Crippen molar-refractivity contribution in [1.82, 2.24) is 19.4 Å². The van der Waals surface area contributed by atoms with Crippen molar-refractivity contribution in [3.63, 3.8) is 0 Å². The van der Waals surface area contributed by atoms with E-state index in [1.807, 2.05) is 42.2 Å². The van der Waals surface area contributed by atoms with Crippen molar-refractivity contribution >= 4 is 22.0 Å². The van der Waals surface area contributed by atoms with Gasteiger partial charge < -0.3 is 4.90 Å². The second-order valence-electron chi connectivity index (χ2n) is 6.49. The summed E-state index contributed by atoms with van der Waals surface area (Å²) in [6.45, 7) is 2.70. The van der Waals surface area contributed by atoms with E-state index in [2.05, 4.69) is 14.6 Å². The fourth-order valence-corrected chi connectivity index (χ4v) is 4.43. The topological polar surface area (TPSA) is 98.7 Å². The van der Waals surface area contributed by atoms with Crippen LogP contribution in [0.25, 0.3) is 0 Å². The maximum absolute atomic E-state index is 12.7. The number of fused-ring (bicyclic) bond motifs is 1. The quantitative estimate of drug-likeness (QED) is 0.883. The van der Waals surface area contributed by atoms with Gasteiger partial charge in [0, 0.05) is 24.6 Å². The number of hydrogen-bond donors (Lipinski definition) is 1. The Balaban J connectivity index is 1.59. The lowest BCUT2D eigenvalue weighted by Gasteiger charge is -2.30. The molecule has 9 heteroatoms. The highest BCUT2D eigenvalue weighted by Crippen LogP contribution is 2.25. The lowest BCUT2D eigenvalue weighted by molar-refractivity contribution is 0.0819. The Morgan fingerprint density at radius 3 is 2.81 bits per heavy atom. The van der Waals surface area contributed by atoms with Crippen molar-refractivity contribution in [1.29, 1.82) is 0 Å². The van der Waals surface area contributed by atoms with E-state index in [0.29, 0.717) is 18.8 Å². The number of amidine groups is 1. The Morgan fingerprint density at radius 2 is 2.04 bits per heavy atom. The number of carbonyl (C=O) groups excluding carboxylic acids is 1. The molecule has 1 fully saturated rings. The SMILES string of the molecule is CC(c1ccccc1)c1cc(C(=O)N2CN3CCCC3=NS2(=O)=O)n[nH]1. The summed E-state index contributed by atoms with van der Waals surface area (Å²) in [6.07, 6.45) is 1.47. The van der Waals surface area contributed by atoms with E-state index in [1.165, 1.54) is 0 Å². The maximum atomic E-state index is 12.7. The Morgan fingerprint density at radius 1 is 1.27 bits per heavy atom. The summed E-state index contributed by atoms with van der Waals surface area (Å²) in [5.74, 6) is -0.122. The molecule has 26 heavy (non-hydrogen) atoms. The smallest absolute Gasteiger partial charge is 0.340 e. The molecule has 2 aromatic rings. The van der Waals surface area contributed by atoms with Gasteiger partial charge in [-0.25, -0.2) is 0 Å². The molecule has 3 heterocycles. The van der Waals surface area contributed by atoms with Crippen LogP contribution in [0.5, 0.6) is 0 Å². The molecular weight excluding hydrogens is 354 g/mol. The molecule has 1 atom stereocenters. The predicted molar refractivity (Wildman–Crippen MR) is 95.9 cm³/mol. The minimum Gasteiger partial charge on any atom is -0.340 e. The minimum absolute atomic E-state index is 0.00354. The van der Waals surface area contributed by atoms with Crippen LogP contribution in [0.3, 0.4) is 0 Å². The summed E-state index contributed by atoms with van der Waals surface area (Å²) in [7, 11) is -4.01. The Kier molecular flexibility index (Phi) is 4.03. The third kappa shape index (κ3) is 2.88. The predicted octanol–water partition coefficient (Wildman–Crippen LogP) is 1.71. The average molecular weight is 373 g/mol. The largest absolute Gasteiger partial charge is 0.350 e. The number of nitrogens with zero attached hydrogens (tertiary/aromatic N) is 4. The summed E-state index contributed by atoms with van der Waals surface area (Å²) < 4.78 is 29.3. The molecule has 2 aliphatic rings. The number of H-pyrrole nitrogens is 1. The van der Waals surface area contributed by atoms with Gasteiger partial charge in [-0.2, -0.15) is 17.8 Å². The highest BCUT2D eigenvalue weighted by Gasteiger charge is 2.38. The van der Waals surface area contributed by atoms with Crippen LogP contribution in [0.15, 0.2) is 40.8 Å². The van der Waals surface area contributed by atoms with Crippen molar-refractivity contribution in [2.75, 3.05) is 13.2 Å².